The summed E-state index contributed by atoms with van der Waals surface area (Å²) in [5, 5.41) is 0.430. The molecule has 8 nitrogen and oxygen atoms in total. The molecule has 31 heavy (non-hydrogen) atoms. The summed E-state index contributed by atoms with van der Waals surface area (Å²) in [6, 6.07) is 2.89. The average Bonchev–Trinajstić information content (AvgIpc) is 2.79. The molecule has 174 valence electrons. The van der Waals surface area contributed by atoms with Gasteiger partial charge in [0.2, 0.25) is 15.9 Å². The lowest BCUT2D eigenvalue weighted by atomic mass is 9.96. The first-order valence-corrected chi connectivity index (χ1v) is 12.4. The molecule has 2 heterocycles. The molecule has 3 rings (SSSR count). The van der Waals surface area contributed by atoms with E-state index in [0.29, 0.717) is 39.2 Å². The predicted octanol–water partition coefficient (Wildman–Crippen LogP) is 2.43. The largest absolute Gasteiger partial charge is 0.383 e. The van der Waals surface area contributed by atoms with E-state index in [1.807, 2.05) is 0 Å². The monoisotopic (exact) mass is 494 g/mol. The van der Waals surface area contributed by atoms with Crippen LogP contribution in [0.25, 0.3) is 0 Å². The van der Waals surface area contributed by atoms with Gasteiger partial charge < -0.3 is 19.1 Å². The molecule has 2 saturated heterocycles. The van der Waals surface area contributed by atoms with Gasteiger partial charge in [-0.25, -0.2) is 8.42 Å². The molecule has 2 bridgehead atoms. The Labute approximate surface area is 193 Å². The Morgan fingerprint density at radius 3 is 2.35 bits per heavy atom. The van der Waals surface area contributed by atoms with Crippen molar-refractivity contribution in [2.75, 3.05) is 47.1 Å². The first-order valence-electron chi connectivity index (χ1n) is 10.2. The molecule has 3 atom stereocenters. The molecule has 2 fully saturated rings. The number of hydrogen-bond donors (Lipinski definition) is 0. The Morgan fingerprint density at radius 1 is 1.03 bits per heavy atom. The summed E-state index contributed by atoms with van der Waals surface area (Å²) < 4.78 is 45.1. The molecule has 0 aromatic heterocycles. The minimum Gasteiger partial charge on any atom is -0.383 e. The molecule has 2 aliphatic heterocycles. The van der Waals surface area contributed by atoms with Crippen LogP contribution in [0.15, 0.2) is 23.1 Å². The highest BCUT2D eigenvalue weighted by Gasteiger charge is 2.50. The number of hydrogen-bond acceptors (Lipinski definition) is 6. The summed E-state index contributed by atoms with van der Waals surface area (Å²) in [5.41, 5.74) is 0. The summed E-state index contributed by atoms with van der Waals surface area (Å²) in [6.45, 7) is 1.67. The second-order valence-corrected chi connectivity index (χ2v) is 10.3. The lowest BCUT2D eigenvalue weighted by Crippen LogP contribution is -2.56. The van der Waals surface area contributed by atoms with Gasteiger partial charge in [-0.3, -0.25) is 4.79 Å². The number of ether oxygens (including phenoxy) is 3. The molecule has 2 aliphatic rings. The van der Waals surface area contributed by atoms with Gasteiger partial charge in [0, 0.05) is 37.4 Å². The van der Waals surface area contributed by atoms with Crippen LogP contribution in [0.4, 0.5) is 0 Å². The van der Waals surface area contributed by atoms with Crippen LogP contribution in [0.1, 0.15) is 19.3 Å². The number of carbonyl (C=O) groups excluding carboxylic acids is 1. The van der Waals surface area contributed by atoms with Crippen molar-refractivity contribution < 1.29 is 27.4 Å². The maximum absolute atomic E-state index is 13.7. The van der Waals surface area contributed by atoms with Crippen molar-refractivity contribution in [1.29, 1.82) is 0 Å². The third-order valence-corrected chi connectivity index (χ3v) is 7.98. The van der Waals surface area contributed by atoms with E-state index in [-0.39, 0.29) is 27.4 Å². The highest BCUT2D eigenvalue weighted by atomic mass is 35.5. The number of amides is 1. The van der Waals surface area contributed by atoms with Gasteiger partial charge in [-0.2, -0.15) is 4.31 Å². The van der Waals surface area contributed by atoms with Crippen LogP contribution in [-0.2, 0) is 29.0 Å². The first-order chi connectivity index (χ1) is 14.8. The molecular formula is C20H28Cl2N2O6S. The number of rotatable bonds is 9. The van der Waals surface area contributed by atoms with Crippen molar-refractivity contribution in [2.45, 2.75) is 42.3 Å². The van der Waals surface area contributed by atoms with Gasteiger partial charge in [-0.1, -0.05) is 23.2 Å². The van der Waals surface area contributed by atoms with Gasteiger partial charge in [0.15, 0.2) is 0 Å². The average molecular weight is 495 g/mol. The fraction of sp³-hybridized carbons (Fsp3) is 0.650. The van der Waals surface area contributed by atoms with Crippen LogP contribution in [-0.4, -0.2) is 88.8 Å². The quantitative estimate of drug-likeness (QED) is 0.490. The van der Waals surface area contributed by atoms with Crippen LogP contribution in [0.5, 0.6) is 0 Å². The number of sulfonamides is 1. The van der Waals surface area contributed by atoms with Crippen LogP contribution >= 0.6 is 23.2 Å². The number of nitrogens with zero attached hydrogens (tertiary/aromatic N) is 2. The van der Waals surface area contributed by atoms with Gasteiger partial charge in [0.25, 0.3) is 0 Å². The van der Waals surface area contributed by atoms with Crippen molar-refractivity contribution in [3.63, 3.8) is 0 Å². The second kappa shape index (κ2) is 10.8. The van der Waals surface area contributed by atoms with E-state index in [1.165, 1.54) is 22.5 Å². The van der Waals surface area contributed by atoms with Gasteiger partial charge in [-0.15, -0.1) is 0 Å². The van der Waals surface area contributed by atoms with E-state index < -0.39 is 28.2 Å². The van der Waals surface area contributed by atoms with Crippen molar-refractivity contribution in [2.24, 2.45) is 0 Å². The Balaban J connectivity index is 2.03. The van der Waals surface area contributed by atoms with Crippen molar-refractivity contribution in [3.8, 4) is 0 Å². The topological polar surface area (TPSA) is 85.4 Å². The number of piperidine rings is 1. The van der Waals surface area contributed by atoms with Gasteiger partial charge in [-0.05, 0) is 37.5 Å². The lowest BCUT2D eigenvalue weighted by Gasteiger charge is -2.40. The Hall–Kier alpha value is -0.940. The van der Waals surface area contributed by atoms with Gasteiger partial charge in [0.1, 0.15) is 6.04 Å². The minimum absolute atomic E-state index is 0.0318. The van der Waals surface area contributed by atoms with Crippen LogP contribution in [0, 0.1) is 0 Å². The number of halogens is 2. The van der Waals surface area contributed by atoms with E-state index in [2.05, 4.69) is 0 Å². The predicted molar refractivity (Wildman–Crippen MR) is 117 cm³/mol. The molecule has 0 N–H and O–H groups in total. The Morgan fingerprint density at radius 2 is 1.71 bits per heavy atom. The van der Waals surface area contributed by atoms with E-state index in [4.69, 9.17) is 37.4 Å². The first kappa shape index (κ1) is 24.7. The SMILES string of the molecule is COCCOC1CN(CCOC)C(=O)C2CCCC1N2S(=O)(=O)c1cc(Cl)cc(Cl)c1. The zero-order valence-corrected chi connectivity index (χ0v) is 20.0. The van der Waals surface area contributed by atoms with Crippen LogP contribution in [0.3, 0.4) is 0 Å². The highest BCUT2D eigenvalue weighted by molar-refractivity contribution is 7.89. The van der Waals surface area contributed by atoms with Gasteiger partial charge in [0.05, 0.1) is 36.9 Å². The van der Waals surface area contributed by atoms with Crippen molar-refractivity contribution >= 4 is 39.1 Å². The lowest BCUT2D eigenvalue weighted by molar-refractivity contribution is -0.135. The van der Waals surface area contributed by atoms with E-state index in [1.54, 1.807) is 19.1 Å². The summed E-state index contributed by atoms with van der Waals surface area (Å²) >= 11 is 12.2. The number of methoxy groups -OCH3 is 2. The minimum atomic E-state index is -4.06. The van der Waals surface area contributed by atoms with E-state index in [9.17, 15) is 13.2 Å². The van der Waals surface area contributed by atoms with Gasteiger partial charge >= 0.3 is 0 Å². The molecule has 0 aliphatic carbocycles. The fourth-order valence-corrected chi connectivity index (χ4v) is 6.80. The molecule has 1 aromatic carbocycles. The maximum Gasteiger partial charge on any atom is 0.244 e. The van der Waals surface area contributed by atoms with E-state index in [0.717, 1.165) is 6.42 Å². The molecule has 1 aromatic rings. The second-order valence-electron chi connectivity index (χ2n) is 7.63. The normalized spacial score (nSPS) is 25.0. The maximum atomic E-state index is 13.7. The standard InChI is InChI=1S/C20H28Cl2N2O6S/c1-28-7-6-23-13-19(30-9-8-29-2)17-4-3-5-18(20(23)25)24(17)31(26,27)16-11-14(21)10-15(22)12-16/h10-12,17-19H,3-9,13H2,1-2H3. The zero-order valence-electron chi connectivity index (χ0n) is 17.6. The molecular weight excluding hydrogens is 467 g/mol. The van der Waals surface area contributed by atoms with Crippen LogP contribution < -0.4 is 0 Å². The zero-order chi connectivity index (χ0) is 22.6. The summed E-state index contributed by atoms with van der Waals surface area (Å²) in [4.78, 5) is 15.0. The molecule has 3 unspecified atom stereocenters. The summed E-state index contributed by atoms with van der Waals surface area (Å²) in [5.74, 6) is -0.240. The summed E-state index contributed by atoms with van der Waals surface area (Å²) in [7, 11) is -0.923. The number of fused-ring (bicyclic) bond motifs is 2. The summed E-state index contributed by atoms with van der Waals surface area (Å²) in [6.07, 6.45) is 1.27. The Kier molecular flexibility index (Phi) is 8.59. The molecule has 1 amide bonds. The van der Waals surface area contributed by atoms with Crippen LogP contribution in [0.2, 0.25) is 10.0 Å². The van der Waals surface area contributed by atoms with Crippen molar-refractivity contribution in [1.82, 2.24) is 9.21 Å². The molecule has 11 heteroatoms. The van der Waals surface area contributed by atoms with Crippen molar-refractivity contribution in [3.05, 3.63) is 28.2 Å². The third kappa shape index (κ3) is 5.52. The number of benzene rings is 1. The molecule has 0 radical (unpaired) electrons. The third-order valence-electron chi connectivity index (χ3n) is 5.63. The highest BCUT2D eigenvalue weighted by Crippen LogP contribution is 2.37. The van der Waals surface area contributed by atoms with E-state index >= 15 is 0 Å². The molecule has 0 spiro atoms. The molecule has 0 saturated carbocycles. The Bertz CT molecular complexity index is 864. The number of carbonyl (C=O) groups is 1. The fourth-order valence-electron chi connectivity index (χ4n) is 4.22. The smallest absolute Gasteiger partial charge is 0.244 e.